The zero-order valence-corrected chi connectivity index (χ0v) is 20.1. The van der Waals surface area contributed by atoms with Crippen LogP contribution in [-0.2, 0) is 4.79 Å². The van der Waals surface area contributed by atoms with Crippen molar-refractivity contribution in [1.29, 1.82) is 0 Å². The van der Waals surface area contributed by atoms with Gasteiger partial charge in [-0.25, -0.2) is 0 Å². The van der Waals surface area contributed by atoms with Crippen LogP contribution >= 0.6 is 15.9 Å². The van der Waals surface area contributed by atoms with Gasteiger partial charge in [0.1, 0.15) is 5.75 Å². The second-order valence-corrected chi connectivity index (χ2v) is 10.3. The van der Waals surface area contributed by atoms with Crippen molar-refractivity contribution in [2.45, 2.75) is 64.8 Å². The zero-order valence-electron chi connectivity index (χ0n) is 18.5. The highest BCUT2D eigenvalue weighted by Crippen LogP contribution is 2.60. The van der Waals surface area contributed by atoms with Crippen LogP contribution in [0.3, 0.4) is 0 Å². The first-order valence-corrected chi connectivity index (χ1v) is 12.2. The number of fused-ring (bicyclic) bond motifs is 1. The minimum absolute atomic E-state index is 0.0788. The fourth-order valence-electron chi connectivity index (χ4n) is 6.80. The number of halogens is 1. The summed E-state index contributed by atoms with van der Waals surface area (Å²) in [7, 11) is 1.67. The Morgan fingerprint density at radius 1 is 1.33 bits per heavy atom. The number of methoxy groups -OCH3 is 1. The molecule has 30 heavy (non-hydrogen) atoms. The molecule has 2 unspecified atom stereocenters. The molecular weight excluding hydrogens is 438 g/mol. The lowest BCUT2D eigenvalue weighted by Crippen LogP contribution is -2.39. The summed E-state index contributed by atoms with van der Waals surface area (Å²) in [6.45, 7) is 9.02. The fourth-order valence-corrected chi connectivity index (χ4v) is 7.35. The van der Waals surface area contributed by atoms with E-state index in [1.54, 1.807) is 12.7 Å². The largest absolute Gasteiger partial charge is 0.497 e. The van der Waals surface area contributed by atoms with E-state index in [1.165, 1.54) is 32.1 Å². The van der Waals surface area contributed by atoms with E-state index in [2.05, 4.69) is 41.3 Å². The SMILES string of the molecule is C=C1CC(C[C@@H](C)[C@H]2CCC3C(=CBr)CCC[C@@]32C)N(c2ccc(OC)cc2)C1=O. The molecule has 4 rings (SSSR count). The first-order valence-electron chi connectivity index (χ1n) is 11.3. The van der Waals surface area contributed by atoms with Crippen molar-refractivity contribution < 1.29 is 9.53 Å². The van der Waals surface area contributed by atoms with Crippen molar-refractivity contribution in [3.05, 3.63) is 47.0 Å². The Hall–Kier alpha value is -1.55. The van der Waals surface area contributed by atoms with Crippen LogP contribution in [0.4, 0.5) is 5.69 Å². The molecule has 5 atom stereocenters. The molecule has 162 valence electrons. The number of amides is 1. The highest BCUT2D eigenvalue weighted by molar-refractivity contribution is 9.11. The van der Waals surface area contributed by atoms with Gasteiger partial charge in [0.25, 0.3) is 5.91 Å². The molecular formula is C26H34BrNO2. The van der Waals surface area contributed by atoms with E-state index in [-0.39, 0.29) is 11.9 Å². The Bertz CT molecular complexity index is 845. The standard InChI is InChI=1S/C26H34BrNO2/c1-17(23-11-12-24-19(16-27)6-5-13-26(23,24)3)14-21-15-18(2)25(29)28(21)20-7-9-22(30-4)10-8-20/h7-10,16-17,21,23-24H,2,5-6,11-15H2,1,3-4H3/t17-,21?,23-,24?,26-/m1/s1. The van der Waals surface area contributed by atoms with Crippen LogP contribution < -0.4 is 9.64 Å². The Morgan fingerprint density at radius 3 is 2.73 bits per heavy atom. The van der Waals surface area contributed by atoms with E-state index >= 15 is 0 Å². The average molecular weight is 472 g/mol. The first-order chi connectivity index (χ1) is 14.4. The fraction of sp³-hybridized carbons (Fsp3) is 0.577. The maximum atomic E-state index is 12.9. The number of allylic oxidation sites excluding steroid dienone is 1. The summed E-state index contributed by atoms with van der Waals surface area (Å²) < 4.78 is 5.29. The van der Waals surface area contributed by atoms with E-state index in [0.717, 1.165) is 35.8 Å². The van der Waals surface area contributed by atoms with E-state index in [1.807, 2.05) is 29.2 Å². The number of hydrogen-bond donors (Lipinski definition) is 0. The molecule has 1 saturated heterocycles. The average Bonchev–Trinajstić information content (AvgIpc) is 3.24. The van der Waals surface area contributed by atoms with Gasteiger partial charge in [0.2, 0.25) is 0 Å². The lowest BCUT2D eigenvalue weighted by atomic mass is 9.61. The number of carbonyl (C=O) groups excluding carboxylic acids is 1. The third-order valence-corrected chi connectivity index (χ3v) is 8.82. The third-order valence-electron chi connectivity index (χ3n) is 8.23. The molecule has 3 aliphatic rings. The summed E-state index contributed by atoms with van der Waals surface area (Å²) in [4.78, 5) is 17.1. The molecule has 1 aliphatic heterocycles. The van der Waals surface area contributed by atoms with Gasteiger partial charge in [-0.3, -0.25) is 4.79 Å². The molecule has 0 aromatic heterocycles. The molecule has 0 radical (unpaired) electrons. The number of ether oxygens (including phenoxy) is 1. The summed E-state index contributed by atoms with van der Waals surface area (Å²) in [5.41, 5.74) is 3.69. The first kappa shape index (κ1) is 21.7. The zero-order chi connectivity index (χ0) is 21.5. The van der Waals surface area contributed by atoms with Crippen LogP contribution in [0, 0.1) is 23.2 Å². The van der Waals surface area contributed by atoms with Crippen molar-refractivity contribution in [3.63, 3.8) is 0 Å². The van der Waals surface area contributed by atoms with Crippen LogP contribution in [0.15, 0.2) is 47.0 Å². The monoisotopic (exact) mass is 471 g/mol. The van der Waals surface area contributed by atoms with Gasteiger partial charge in [-0.2, -0.15) is 0 Å². The van der Waals surface area contributed by atoms with E-state index in [0.29, 0.717) is 17.3 Å². The molecule has 3 nitrogen and oxygen atoms in total. The summed E-state index contributed by atoms with van der Waals surface area (Å²) in [6, 6.07) is 8.06. The quantitative estimate of drug-likeness (QED) is 0.438. The number of anilines is 1. The van der Waals surface area contributed by atoms with E-state index in [4.69, 9.17) is 4.74 Å². The molecule has 1 amide bonds. The number of rotatable bonds is 5. The molecule has 2 saturated carbocycles. The Balaban J connectivity index is 1.53. The topological polar surface area (TPSA) is 29.5 Å². The maximum Gasteiger partial charge on any atom is 0.253 e. The van der Waals surface area contributed by atoms with E-state index < -0.39 is 0 Å². The van der Waals surface area contributed by atoms with Gasteiger partial charge in [-0.15, -0.1) is 0 Å². The minimum Gasteiger partial charge on any atom is -0.497 e. The van der Waals surface area contributed by atoms with E-state index in [9.17, 15) is 4.79 Å². The summed E-state index contributed by atoms with van der Waals surface area (Å²) in [5, 5.41) is 0. The molecule has 1 heterocycles. The van der Waals surface area contributed by atoms with Gasteiger partial charge in [0.05, 0.1) is 7.11 Å². The van der Waals surface area contributed by atoms with Crippen LogP contribution in [-0.4, -0.2) is 19.1 Å². The second-order valence-electron chi connectivity index (χ2n) is 9.83. The lowest BCUT2D eigenvalue weighted by molar-refractivity contribution is -0.114. The number of carbonyl (C=O) groups is 1. The smallest absolute Gasteiger partial charge is 0.253 e. The van der Waals surface area contributed by atoms with Gasteiger partial charge in [0.15, 0.2) is 0 Å². The number of benzene rings is 1. The summed E-state index contributed by atoms with van der Waals surface area (Å²) >= 11 is 3.63. The third kappa shape index (κ3) is 3.66. The normalized spacial score (nSPS) is 33.8. The van der Waals surface area contributed by atoms with Crippen molar-refractivity contribution >= 4 is 27.5 Å². The predicted molar refractivity (Wildman–Crippen MR) is 127 cm³/mol. The molecule has 1 aromatic carbocycles. The highest BCUT2D eigenvalue weighted by atomic mass is 79.9. The number of hydrogen-bond acceptors (Lipinski definition) is 2. The van der Waals surface area contributed by atoms with Gasteiger partial charge in [0, 0.05) is 17.3 Å². The summed E-state index contributed by atoms with van der Waals surface area (Å²) in [5.74, 6) is 2.91. The molecule has 2 aliphatic carbocycles. The molecule has 1 aromatic rings. The second kappa shape index (κ2) is 8.53. The van der Waals surface area contributed by atoms with Gasteiger partial charge in [-0.05, 0) is 97.4 Å². The van der Waals surface area contributed by atoms with Crippen LogP contribution in [0.25, 0.3) is 0 Å². The van der Waals surface area contributed by atoms with Crippen molar-refractivity contribution in [2.24, 2.45) is 23.2 Å². The molecule has 4 heteroatoms. The number of nitrogens with zero attached hydrogens (tertiary/aromatic N) is 1. The van der Waals surface area contributed by atoms with Gasteiger partial charge < -0.3 is 9.64 Å². The van der Waals surface area contributed by atoms with Crippen LogP contribution in [0.5, 0.6) is 5.75 Å². The Kier molecular flexibility index (Phi) is 6.16. The van der Waals surface area contributed by atoms with Crippen molar-refractivity contribution in [1.82, 2.24) is 0 Å². The van der Waals surface area contributed by atoms with Gasteiger partial charge >= 0.3 is 0 Å². The van der Waals surface area contributed by atoms with Crippen LogP contribution in [0.1, 0.15) is 58.8 Å². The Labute approximate surface area is 189 Å². The molecule has 0 spiro atoms. The van der Waals surface area contributed by atoms with Crippen molar-refractivity contribution in [2.75, 3.05) is 12.0 Å². The van der Waals surface area contributed by atoms with Crippen molar-refractivity contribution in [3.8, 4) is 5.75 Å². The summed E-state index contributed by atoms with van der Waals surface area (Å²) in [6.07, 6.45) is 8.29. The maximum absolute atomic E-state index is 12.9. The highest BCUT2D eigenvalue weighted by Gasteiger charge is 2.51. The molecule has 0 bridgehead atoms. The minimum atomic E-state index is 0.0788. The predicted octanol–water partition coefficient (Wildman–Crippen LogP) is 6.88. The molecule has 3 fully saturated rings. The lowest BCUT2D eigenvalue weighted by Gasteiger charge is -2.45. The molecule has 0 N–H and O–H groups in total. The van der Waals surface area contributed by atoms with Crippen LogP contribution in [0.2, 0.25) is 0 Å². The van der Waals surface area contributed by atoms with Gasteiger partial charge in [-0.1, -0.05) is 41.9 Å². The Morgan fingerprint density at radius 2 is 2.07 bits per heavy atom.